The summed E-state index contributed by atoms with van der Waals surface area (Å²) in [6, 6.07) is 13.6. The number of hydrogen-bond donors (Lipinski definition) is 1. The zero-order chi connectivity index (χ0) is 16.5. The smallest absolute Gasteiger partial charge is 0.307 e. The maximum Gasteiger partial charge on any atom is 0.307 e. The van der Waals surface area contributed by atoms with Crippen molar-refractivity contribution in [3.05, 3.63) is 58.3 Å². The first-order valence-corrected chi connectivity index (χ1v) is 8.50. The van der Waals surface area contributed by atoms with Gasteiger partial charge < -0.3 is 10.1 Å². The molecule has 1 unspecified atom stereocenters. The molecule has 23 heavy (non-hydrogen) atoms. The molecule has 122 valence electrons. The van der Waals surface area contributed by atoms with Crippen molar-refractivity contribution in [2.45, 2.75) is 31.7 Å². The van der Waals surface area contributed by atoms with Gasteiger partial charge in [-0.15, -0.1) is 11.3 Å². The lowest BCUT2D eigenvalue weighted by Crippen LogP contribution is -2.29. The van der Waals surface area contributed by atoms with E-state index in [1.807, 2.05) is 35.7 Å². The first kappa shape index (κ1) is 17.2. The summed E-state index contributed by atoms with van der Waals surface area (Å²) in [5, 5.41) is 4.87. The molecule has 0 radical (unpaired) electrons. The molecule has 1 amide bonds. The van der Waals surface area contributed by atoms with E-state index in [2.05, 4.69) is 17.4 Å². The van der Waals surface area contributed by atoms with Crippen LogP contribution in [0.5, 0.6) is 0 Å². The van der Waals surface area contributed by atoms with Crippen LogP contribution in [0.1, 0.15) is 35.7 Å². The van der Waals surface area contributed by atoms with E-state index < -0.39 is 0 Å². The minimum absolute atomic E-state index is 0.0387. The molecule has 2 aromatic rings. The molecule has 1 aromatic heterocycles. The van der Waals surface area contributed by atoms with Crippen LogP contribution in [0, 0.1) is 0 Å². The van der Waals surface area contributed by atoms with E-state index in [4.69, 9.17) is 4.74 Å². The lowest BCUT2D eigenvalue weighted by atomic mass is 10.1. The third-order valence-electron chi connectivity index (χ3n) is 3.53. The second-order valence-electron chi connectivity index (χ2n) is 5.25. The molecule has 0 saturated heterocycles. The Morgan fingerprint density at radius 1 is 1.17 bits per heavy atom. The molecule has 0 aliphatic carbocycles. The standard InChI is InChI=1S/C18H21NO3S/c1-22-18(21)13-15(16-10-6-12-23-16)19-17(20)11-5-9-14-7-3-2-4-8-14/h2-4,6-8,10,12,15H,5,9,11,13H2,1H3,(H,19,20). The van der Waals surface area contributed by atoms with Crippen molar-refractivity contribution >= 4 is 23.2 Å². The number of amides is 1. The highest BCUT2D eigenvalue weighted by molar-refractivity contribution is 7.10. The molecule has 2 rings (SSSR count). The Morgan fingerprint density at radius 3 is 2.61 bits per heavy atom. The predicted molar refractivity (Wildman–Crippen MR) is 91.2 cm³/mol. The zero-order valence-corrected chi connectivity index (χ0v) is 14.0. The monoisotopic (exact) mass is 331 g/mol. The number of rotatable bonds is 8. The minimum Gasteiger partial charge on any atom is -0.469 e. The number of ether oxygens (including phenoxy) is 1. The van der Waals surface area contributed by atoms with Crippen molar-refractivity contribution in [3.8, 4) is 0 Å². The largest absolute Gasteiger partial charge is 0.469 e. The molecule has 5 heteroatoms. The van der Waals surface area contributed by atoms with Gasteiger partial charge in [0, 0.05) is 11.3 Å². The van der Waals surface area contributed by atoms with Gasteiger partial charge in [-0.05, 0) is 29.9 Å². The van der Waals surface area contributed by atoms with Crippen LogP contribution in [-0.4, -0.2) is 19.0 Å². The summed E-state index contributed by atoms with van der Waals surface area (Å²) in [5.74, 6) is -0.365. The summed E-state index contributed by atoms with van der Waals surface area (Å²) in [7, 11) is 1.36. The van der Waals surface area contributed by atoms with E-state index in [0.717, 1.165) is 17.7 Å². The van der Waals surface area contributed by atoms with E-state index in [0.29, 0.717) is 6.42 Å². The van der Waals surface area contributed by atoms with Gasteiger partial charge in [0.05, 0.1) is 19.6 Å². The summed E-state index contributed by atoms with van der Waals surface area (Å²) in [6.45, 7) is 0. The second-order valence-corrected chi connectivity index (χ2v) is 6.23. The molecule has 0 saturated carbocycles. The lowest BCUT2D eigenvalue weighted by molar-refractivity contribution is -0.141. The van der Waals surface area contributed by atoms with Crippen molar-refractivity contribution in [2.24, 2.45) is 0 Å². The van der Waals surface area contributed by atoms with Crippen molar-refractivity contribution in [1.29, 1.82) is 0 Å². The van der Waals surface area contributed by atoms with Crippen LogP contribution >= 0.6 is 11.3 Å². The Balaban J connectivity index is 1.83. The molecular formula is C18H21NO3S. The van der Waals surface area contributed by atoms with Gasteiger partial charge in [-0.3, -0.25) is 9.59 Å². The minimum atomic E-state index is -0.326. The molecule has 1 heterocycles. The molecule has 0 aliphatic rings. The Kier molecular flexibility index (Phi) is 6.81. The van der Waals surface area contributed by atoms with Gasteiger partial charge in [-0.25, -0.2) is 0 Å². The maximum atomic E-state index is 12.2. The van der Waals surface area contributed by atoms with Crippen LogP contribution in [0.3, 0.4) is 0 Å². The van der Waals surface area contributed by atoms with E-state index in [9.17, 15) is 9.59 Å². The highest BCUT2D eigenvalue weighted by Crippen LogP contribution is 2.22. The van der Waals surface area contributed by atoms with Gasteiger partial charge >= 0.3 is 5.97 Å². The van der Waals surface area contributed by atoms with Crippen LogP contribution in [0.15, 0.2) is 47.8 Å². The lowest BCUT2D eigenvalue weighted by Gasteiger charge is -2.16. The topological polar surface area (TPSA) is 55.4 Å². The molecular weight excluding hydrogens is 310 g/mol. The van der Waals surface area contributed by atoms with Gasteiger partial charge in [0.15, 0.2) is 0 Å². The maximum absolute atomic E-state index is 12.2. The Bertz CT molecular complexity index is 610. The van der Waals surface area contributed by atoms with Gasteiger partial charge in [-0.2, -0.15) is 0 Å². The normalized spacial score (nSPS) is 11.7. The number of thiophene rings is 1. The number of nitrogens with one attached hydrogen (secondary N) is 1. The van der Waals surface area contributed by atoms with Gasteiger partial charge in [0.25, 0.3) is 0 Å². The number of carbonyl (C=O) groups is 2. The summed E-state index contributed by atoms with van der Waals surface area (Å²) in [4.78, 5) is 24.6. The zero-order valence-electron chi connectivity index (χ0n) is 13.2. The van der Waals surface area contributed by atoms with E-state index in [1.54, 1.807) is 0 Å². The van der Waals surface area contributed by atoms with E-state index in [1.165, 1.54) is 24.0 Å². The predicted octanol–water partition coefficient (Wildman–Crippen LogP) is 3.49. The summed E-state index contributed by atoms with van der Waals surface area (Å²) in [5.41, 5.74) is 1.23. The molecule has 0 aliphatic heterocycles. The fourth-order valence-electron chi connectivity index (χ4n) is 2.33. The number of aryl methyl sites for hydroxylation is 1. The Morgan fingerprint density at radius 2 is 1.96 bits per heavy atom. The van der Waals surface area contributed by atoms with Crippen molar-refractivity contribution in [3.63, 3.8) is 0 Å². The van der Waals surface area contributed by atoms with E-state index in [-0.39, 0.29) is 24.3 Å². The molecule has 0 bridgehead atoms. The SMILES string of the molecule is COC(=O)CC(NC(=O)CCCc1ccccc1)c1cccs1. The molecule has 0 fully saturated rings. The van der Waals surface area contributed by atoms with Crippen LogP contribution < -0.4 is 5.32 Å². The molecule has 4 nitrogen and oxygen atoms in total. The summed E-state index contributed by atoms with van der Waals surface area (Å²) in [6.07, 6.45) is 2.25. The summed E-state index contributed by atoms with van der Waals surface area (Å²) < 4.78 is 4.71. The fraction of sp³-hybridized carbons (Fsp3) is 0.333. The number of esters is 1. The third kappa shape index (κ3) is 5.87. The highest BCUT2D eigenvalue weighted by atomic mass is 32.1. The average Bonchev–Trinajstić information content (AvgIpc) is 3.09. The molecule has 0 spiro atoms. The van der Waals surface area contributed by atoms with Gasteiger partial charge in [-0.1, -0.05) is 36.4 Å². The molecule has 1 aromatic carbocycles. The number of methoxy groups -OCH3 is 1. The van der Waals surface area contributed by atoms with Crippen molar-refractivity contribution < 1.29 is 14.3 Å². The van der Waals surface area contributed by atoms with Crippen molar-refractivity contribution in [1.82, 2.24) is 5.32 Å². The van der Waals surface area contributed by atoms with Crippen LogP contribution in [-0.2, 0) is 20.7 Å². The average molecular weight is 331 g/mol. The molecule has 1 N–H and O–H groups in total. The van der Waals surface area contributed by atoms with Crippen molar-refractivity contribution in [2.75, 3.05) is 7.11 Å². The Labute approximate surface area is 140 Å². The quantitative estimate of drug-likeness (QED) is 0.753. The summed E-state index contributed by atoms with van der Waals surface area (Å²) >= 11 is 1.52. The van der Waals surface area contributed by atoms with Gasteiger partial charge in [0.1, 0.15) is 0 Å². The first-order chi connectivity index (χ1) is 11.2. The number of carbonyl (C=O) groups excluding carboxylic acids is 2. The Hall–Kier alpha value is -2.14. The number of hydrogen-bond acceptors (Lipinski definition) is 4. The molecule has 1 atom stereocenters. The number of benzene rings is 1. The third-order valence-corrected chi connectivity index (χ3v) is 4.52. The second kappa shape index (κ2) is 9.10. The highest BCUT2D eigenvalue weighted by Gasteiger charge is 2.19. The van der Waals surface area contributed by atoms with Gasteiger partial charge in [0.2, 0.25) is 5.91 Å². The van der Waals surface area contributed by atoms with Crippen LogP contribution in [0.4, 0.5) is 0 Å². The van der Waals surface area contributed by atoms with Crippen LogP contribution in [0.25, 0.3) is 0 Å². The van der Waals surface area contributed by atoms with Crippen LogP contribution in [0.2, 0.25) is 0 Å². The van der Waals surface area contributed by atoms with E-state index >= 15 is 0 Å². The fourth-order valence-corrected chi connectivity index (χ4v) is 3.10. The first-order valence-electron chi connectivity index (χ1n) is 7.62.